The number of nitrogens with zero attached hydrogens (tertiary/aromatic N) is 2. The number of benzene rings is 2. The second kappa shape index (κ2) is 10.2. The van der Waals surface area contributed by atoms with Crippen molar-refractivity contribution in [2.45, 2.75) is 25.5 Å². The Labute approximate surface area is 178 Å². The topological polar surface area (TPSA) is 131 Å². The van der Waals surface area contributed by atoms with E-state index in [1.165, 1.54) is 29.2 Å². The minimum Gasteiger partial charge on any atom is -0.445 e. The second-order valence-electron chi connectivity index (χ2n) is 6.95. The van der Waals surface area contributed by atoms with Gasteiger partial charge in [-0.15, -0.1) is 0 Å². The van der Waals surface area contributed by atoms with Gasteiger partial charge in [-0.1, -0.05) is 30.3 Å². The van der Waals surface area contributed by atoms with Gasteiger partial charge in [-0.25, -0.2) is 4.79 Å². The van der Waals surface area contributed by atoms with Gasteiger partial charge in [0.15, 0.2) is 0 Å². The lowest BCUT2D eigenvalue weighted by Gasteiger charge is -2.24. The predicted molar refractivity (Wildman–Crippen MR) is 111 cm³/mol. The van der Waals surface area contributed by atoms with Crippen LogP contribution < -0.4 is 10.6 Å². The first kappa shape index (κ1) is 21.8. The molecule has 0 aliphatic carbocycles. The molecule has 31 heavy (non-hydrogen) atoms. The summed E-state index contributed by atoms with van der Waals surface area (Å²) in [5.41, 5.74) is 1.14. The first-order valence-corrected chi connectivity index (χ1v) is 9.73. The quantitative estimate of drug-likeness (QED) is 0.516. The maximum Gasteiger partial charge on any atom is 0.407 e. The van der Waals surface area contributed by atoms with Crippen LogP contribution in [0.15, 0.2) is 54.6 Å². The molecule has 1 heterocycles. The molecule has 2 aromatic carbocycles. The Morgan fingerprint density at radius 2 is 1.81 bits per heavy atom. The highest BCUT2D eigenvalue weighted by atomic mass is 16.6. The molecule has 0 radical (unpaired) electrons. The van der Waals surface area contributed by atoms with E-state index in [1.807, 2.05) is 30.3 Å². The lowest BCUT2D eigenvalue weighted by Crippen LogP contribution is -2.47. The van der Waals surface area contributed by atoms with E-state index in [2.05, 4.69) is 10.6 Å². The zero-order valence-corrected chi connectivity index (χ0v) is 16.7. The van der Waals surface area contributed by atoms with Crippen LogP contribution in [0.3, 0.4) is 0 Å². The van der Waals surface area contributed by atoms with Crippen LogP contribution in [0, 0.1) is 10.1 Å². The lowest BCUT2D eigenvalue weighted by molar-refractivity contribution is -0.384. The molecule has 0 bridgehead atoms. The van der Waals surface area contributed by atoms with Crippen LogP contribution in [0.1, 0.15) is 18.4 Å². The minimum absolute atomic E-state index is 0.0825. The largest absolute Gasteiger partial charge is 0.445 e. The fraction of sp³-hybridized carbons (Fsp3) is 0.286. The van der Waals surface area contributed by atoms with Crippen molar-refractivity contribution in [1.82, 2.24) is 10.2 Å². The molecule has 1 aliphatic rings. The summed E-state index contributed by atoms with van der Waals surface area (Å²) in [7, 11) is 0. The van der Waals surface area contributed by atoms with E-state index in [0.29, 0.717) is 25.1 Å². The molecule has 10 nitrogen and oxygen atoms in total. The molecule has 3 amide bonds. The molecule has 1 saturated heterocycles. The van der Waals surface area contributed by atoms with Gasteiger partial charge in [-0.3, -0.25) is 19.7 Å². The summed E-state index contributed by atoms with van der Waals surface area (Å²) in [6.45, 7) is 0.206. The second-order valence-corrected chi connectivity index (χ2v) is 6.95. The highest BCUT2D eigenvalue weighted by molar-refractivity contribution is 5.98. The van der Waals surface area contributed by atoms with Crippen molar-refractivity contribution in [3.8, 4) is 0 Å². The lowest BCUT2D eigenvalue weighted by atomic mass is 10.2. The number of carbonyl (C=O) groups is 3. The first-order valence-electron chi connectivity index (χ1n) is 9.73. The van der Waals surface area contributed by atoms with Crippen LogP contribution in [0.4, 0.5) is 16.2 Å². The standard InChI is InChI=1S/C21H22N4O6/c26-19(13-22-21(28)31-14-15-5-2-1-3-6-15)24-12-4-7-18(24)20(27)23-16-8-10-17(11-9-16)25(29)30/h1-3,5-6,8-11,18H,4,7,12-14H2,(H,22,28)(H,23,27). The molecular formula is C21H22N4O6. The van der Waals surface area contributed by atoms with Crippen LogP contribution in [0.5, 0.6) is 0 Å². The number of non-ortho nitro benzene ring substituents is 1. The van der Waals surface area contributed by atoms with Gasteiger partial charge < -0.3 is 20.3 Å². The van der Waals surface area contributed by atoms with Gasteiger partial charge in [0.2, 0.25) is 11.8 Å². The maximum atomic E-state index is 12.6. The monoisotopic (exact) mass is 426 g/mol. The van der Waals surface area contributed by atoms with Crippen LogP contribution in [-0.2, 0) is 20.9 Å². The van der Waals surface area contributed by atoms with Crippen molar-refractivity contribution in [2.24, 2.45) is 0 Å². The summed E-state index contributed by atoms with van der Waals surface area (Å²) in [6, 6.07) is 13.9. The summed E-state index contributed by atoms with van der Waals surface area (Å²) < 4.78 is 5.07. The first-order chi connectivity index (χ1) is 14.9. The number of likely N-dealkylation sites (tertiary alicyclic amines) is 1. The van der Waals surface area contributed by atoms with Gasteiger partial charge in [0.1, 0.15) is 19.2 Å². The highest BCUT2D eigenvalue weighted by Crippen LogP contribution is 2.21. The molecule has 2 aromatic rings. The van der Waals surface area contributed by atoms with Crippen molar-refractivity contribution >= 4 is 29.3 Å². The highest BCUT2D eigenvalue weighted by Gasteiger charge is 2.34. The fourth-order valence-electron chi connectivity index (χ4n) is 3.25. The molecule has 0 saturated carbocycles. The van der Waals surface area contributed by atoms with Gasteiger partial charge in [0.25, 0.3) is 5.69 Å². The molecule has 10 heteroatoms. The van der Waals surface area contributed by atoms with E-state index in [4.69, 9.17) is 4.74 Å². The van der Waals surface area contributed by atoms with E-state index in [0.717, 1.165) is 5.56 Å². The molecule has 1 unspecified atom stereocenters. The molecule has 0 aromatic heterocycles. The number of alkyl carbamates (subject to hydrolysis) is 1. The normalized spacial score (nSPS) is 15.2. The molecule has 162 valence electrons. The smallest absolute Gasteiger partial charge is 0.407 e. The molecule has 0 spiro atoms. The number of hydrogen-bond acceptors (Lipinski definition) is 6. The maximum absolute atomic E-state index is 12.6. The van der Waals surface area contributed by atoms with Crippen LogP contribution in [0.2, 0.25) is 0 Å². The Bertz CT molecular complexity index is 948. The Balaban J connectivity index is 1.48. The van der Waals surface area contributed by atoms with Crippen molar-refractivity contribution in [2.75, 3.05) is 18.4 Å². The Morgan fingerprint density at radius 1 is 1.10 bits per heavy atom. The van der Waals surface area contributed by atoms with E-state index in [-0.39, 0.29) is 24.7 Å². The molecule has 1 atom stereocenters. The summed E-state index contributed by atoms with van der Waals surface area (Å²) in [6.07, 6.45) is 0.425. The Kier molecular flexibility index (Phi) is 7.15. The van der Waals surface area contributed by atoms with Gasteiger partial charge >= 0.3 is 6.09 Å². The number of nitro benzene ring substituents is 1. The number of nitro groups is 1. The zero-order valence-electron chi connectivity index (χ0n) is 16.7. The van der Waals surface area contributed by atoms with Gasteiger partial charge in [0.05, 0.1) is 4.92 Å². The summed E-state index contributed by atoms with van der Waals surface area (Å²) in [4.78, 5) is 48.6. The molecular weight excluding hydrogens is 404 g/mol. The van der Waals surface area contributed by atoms with Gasteiger partial charge in [0, 0.05) is 24.4 Å². The summed E-state index contributed by atoms with van der Waals surface area (Å²) in [5.74, 6) is -0.774. The zero-order chi connectivity index (χ0) is 22.2. The molecule has 3 rings (SSSR count). The third kappa shape index (κ3) is 6.01. The van der Waals surface area contributed by atoms with Crippen molar-refractivity contribution in [3.05, 3.63) is 70.3 Å². The number of hydrogen-bond donors (Lipinski definition) is 2. The predicted octanol–water partition coefficient (Wildman–Crippen LogP) is 2.45. The number of amides is 3. The third-order valence-electron chi connectivity index (χ3n) is 4.82. The van der Waals surface area contributed by atoms with Crippen molar-refractivity contribution in [3.63, 3.8) is 0 Å². The van der Waals surface area contributed by atoms with Crippen molar-refractivity contribution < 1.29 is 24.0 Å². The summed E-state index contributed by atoms with van der Waals surface area (Å²) >= 11 is 0. The molecule has 1 fully saturated rings. The van der Waals surface area contributed by atoms with Crippen LogP contribution in [0.25, 0.3) is 0 Å². The van der Waals surface area contributed by atoms with E-state index < -0.39 is 23.0 Å². The number of ether oxygens (including phenoxy) is 1. The molecule has 2 N–H and O–H groups in total. The summed E-state index contributed by atoms with van der Waals surface area (Å²) in [5, 5.41) is 15.8. The van der Waals surface area contributed by atoms with Gasteiger partial charge in [-0.2, -0.15) is 0 Å². The SMILES string of the molecule is O=C(NCC(=O)N1CCCC1C(=O)Nc1ccc([N+](=O)[O-])cc1)OCc1ccccc1. The van der Waals surface area contributed by atoms with Crippen LogP contribution in [-0.4, -0.2) is 46.9 Å². The van der Waals surface area contributed by atoms with Crippen molar-refractivity contribution in [1.29, 1.82) is 0 Å². The Hall–Kier alpha value is -3.95. The molecule has 1 aliphatic heterocycles. The number of nitrogens with one attached hydrogen (secondary N) is 2. The van der Waals surface area contributed by atoms with E-state index in [1.54, 1.807) is 0 Å². The van der Waals surface area contributed by atoms with E-state index >= 15 is 0 Å². The number of anilines is 1. The number of carbonyl (C=O) groups excluding carboxylic acids is 3. The fourth-order valence-corrected chi connectivity index (χ4v) is 3.25. The van der Waals surface area contributed by atoms with Gasteiger partial charge in [-0.05, 0) is 30.5 Å². The average molecular weight is 426 g/mol. The minimum atomic E-state index is -0.719. The number of rotatable bonds is 7. The third-order valence-corrected chi connectivity index (χ3v) is 4.82. The average Bonchev–Trinajstić information content (AvgIpc) is 3.27. The Morgan fingerprint density at radius 3 is 2.48 bits per heavy atom. The van der Waals surface area contributed by atoms with Crippen LogP contribution >= 0.6 is 0 Å². The van der Waals surface area contributed by atoms with E-state index in [9.17, 15) is 24.5 Å².